The van der Waals surface area contributed by atoms with Gasteiger partial charge in [0, 0.05) is 10.6 Å². The molecular weight excluding hydrogens is 454 g/mol. The minimum Gasteiger partial charge on any atom is -0.467 e. The van der Waals surface area contributed by atoms with Crippen LogP contribution >= 0.6 is 23.4 Å². The van der Waals surface area contributed by atoms with Crippen LogP contribution in [0.3, 0.4) is 0 Å². The van der Waals surface area contributed by atoms with Gasteiger partial charge in [-0.3, -0.25) is 9.69 Å². The molecule has 1 unspecified atom stereocenters. The minimum absolute atomic E-state index is 0.00883. The normalized spacial score (nSPS) is 17.6. The fraction of sp³-hybridized carbons (Fsp3) is 0.115. The maximum absolute atomic E-state index is 13.2. The lowest BCUT2D eigenvalue weighted by Gasteiger charge is -2.14. The fourth-order valence-corrected chi connectivity index (χ4v) is 5.02. The van der Waals surface area contributed by atoms with Gasteiger partial charge >= 0.3 is 0 Å². The largest absolute Gasteiger partial charge is 0.467 e. The van der Waals surface area contributed by atoms with Crippen LogP contribution in [0.25, 0.3) is 10.8 Å². The van der Waals surface area contributed by atoms with Crippen LogP contribution < -0.4 is 0 Å². The van der Waals surface area contributed by atoms with Gasteiger partial charge in [0.05, 0.1) is 24.3 Å². The molecule has 1 aromatic heterocycles. The maximum Gasteiger partial charge on any atom is 0.242 e. The van der Waals surface area contributed by atoms with Crippen LogP contribution in [-0.2, 0) is 17.8 Å². The highest BCUT2D eigenvalue weighted by atomic mass is 35.5. The summed E-state index contributed by atoms with van der Waals surface area (Å²) in [4.78, 5) is 14.9. The van der Waals surface area contributed by atoms with Crippen molar-refractivity contribution in [3.63, 3.8) is 0 Å². The minimum atomic E-state index is -0.285. The fourth-order valence-electron chi connectivity index (χ4n) is 3.76. The number of fused-ring (bicyclic) bond motifs is 1. The van der Waals surface area contributed by atoms with Gasteiger partial charge in [-0.2, -0.15) is 5.10 Å². The van der Waals surface area contributed by atoms with Crippen LogP contribution in [0.5, 0.6) is 0 Å². The zero-order valence-corrected chi connectivity index (χ0v) is 19.2. The first-order valence-corrected chi connectivity index (χ1v) is 11.8. The van der Waals surface area contributed by atoms with E-state index in [1.54, 1.807) is 17.4 Å². The lowest BCUT2D eigenvalue weighted by atomic mass is 10.1. The van der Waals surface area contributed by atoms with Crippen LogP contribution in [-0.4, -0.2) is 27.4 Å². The molecule has 1 aliphatic heterocycles. The Hall–Kier alpha value is -3.35. The number of halogens is 1. The average molecular weight is 474 g/mol. The second-order valence-electron chi connectivity index (χ2n) is 7.64. The highest BCUT2D eigenvalue weighted by Gasteiger charge is 2.38. The zero-order valence-electron chi connectivity index (χ0n) is 17.6. The lowest BCUT2D eigenvalue weighted by Crippen LogP contribution is -2.32. The van der Waals surface area contributed by atoms with Gasteiger partial charge in [0.1, 0.15) is 5.76 Å². The van der Waals surface area contributed by atoms with E-state index in [2.05, 4.69) is 28.4 Å². The van der Waals surface area contributed by atoms with Gasteiger partial charge in [0.15, 0.2) is 5.17 Å². The van der Waals surface area contributed by atoms with Gasteiger partial charge in [-0.25, -0.2) is 0 Å². The molecule has 7 heteroatoms. The standard InChI is InChI=1S/C26H20ClN3O2S/c27-21-12-10-18(11-13-21)15-24-25(31)30(17-22-8-4-14-32-22)26(33-24)29-28-16-20-7-3-6-19-5-1-2-9-23(19)20/h1-14,16,24H,15,17H2. The van der Waals surface area contributed by atoms with Gasteiger partial charge in [0.2, 0.25) is 5.91 Å². The predicted octanol–water partition coefficient (Wildman–Crippen LogP) is 6.16. The smallest absolute Gasteiger partial charge is 0.242 e. The number of amides is 1. The monoisotopic (exact) mass is 473 g/mol. The topological polar surface area (TPSA) is 58.2 Å². The van der Waals surface area contributed by atoms with E-state index in [0.717, 1.165) is 21.9 Å². The molecule has 3 aromatic carbocycles. The third kappa shape index (κ3) is 4.87. The van der Waals surface area contributed by atoms with Crippen molar-refractivity contribution >= 4 is 51.4 Å². The second-order valence-corrected chi connectivity index (χ2v) is 9.24. The van der Waals surface area contributed by atoms with Gasteiger partial charge < -0.3 is 4.42 Å². The van der Waals surface area contributed by atoms with Crippen molar-refractivity contribution in [2.24, 2.45) is 10.2 Å². The Kier molecular flexibility index (Phi) is 6.28. The first-order chi connectivity index (χ1) is 16.2. The number of furan rings is 1. The van der Waals surface area contributed by atoms with Crippen LogP contribution in [0.1, 0.15) is 16.9 Å². The molecule has 1 saturated heterocycles. The SMILES string of the molecule is O=C1C(Cc2ccc(Cl)cc2)SC(=NN=Cc2cccc3ccccc23)N1Cc1ccco1. The first kappa shape index (κ1) is 21.5. The maximum atomic E-state index is 13.2. The Morgan fingerprint density at radius 3 is 2.64 bits per heavy atom. The van der Waals surface area contributed by atoms with Crippen molar-refractivity contribution in [1.82, 2.24) is 4.90 Å². The van der Waals surface area contributed by atoms with Gasteiger partial charge in [0.25, 0.3) is 0 Å². The summed E-state index contributed by atoms with van der Waals surface area (Å²) in [5.41, 5.74) is 2.02. The summed E-state index contributed by atoms with van der Waals surface area (Å²) in [6.45, 7) is 0.318. The van der Waals surface area contributed by atoms with Gasteiger partial charge in [-0.05, 0) is 47.0 Å². The average Bonchev–Trinajstić information content (AvgIpc) is 3.45. The highest BCUT2D eigenvalue weighted by Crippen LogP contribution is 2.31. The number of carbonyl (C=O) groups is 1. The van der Waals surface area contributed by atoms with Crippen LogP contribution in [0.4, 0.5) is 0 Å². The number of hydrogen-bond acceptors (Lipinski definition) is 5. The quantitative estimate of drug-likeness (QED) is 0.249. The summed E-state index contributed by atoms with van der Waals surface area (Å²) >= 11 is 7.43. The van der Waals surface area contributed by atoms with E-state index in [9.17, 15) is 4.79 Å². The zero-order chi connectivity index (χ0) is 22.6. The molecule has 164 valence electrons. The van der Waals surface area contributed by atoms with Crippen molar-refractivity contribution < 1.29 is 9.21 Å². The molecular formula is C26H20ClN3O2S. The number of benzene rings is 3. The first-order valence-electron chi connectivity index (χ1n) is 10.5. The molecule has 1 aliphatic rings. The van der Waals surface area contributed by atoms with Crippen LogP contribution in [0.2, 0.25) is 5.02 Å². The summed E-state index contributed by atoms with van der Waals surface area (Å²) in [5, 5.41) is 12.0. The molecule has 0 saturated carbocycles. The predicted molar refractivity (Wildman–Crippen MR) is 135 cm³/mol. The molecule has 2 heterocycles. The molecule has 0 aliphatic carbocycles. The second kappa shape index (κ2) is 9.65. The van der Waals surface area contributed by atoms with Gasteiger partial charge in [-0.1, -0.05) is 78.0 Å². The van der Waals surface area contributed by atoms with E-state index in [1.165, 1.54) is 11.8 Å². The summed E-state index contributed by atoms with van der Waals surface area (Å²) < 4.78 is 5.47. The van der Waals surface area contributed by atoms with E-state index >= 15 is 0 Å². The van der Waals surface area contributed by atoms with E-state index < -0.39 is 0 Å². The number of rotatable bonds is 6. The lowest BCUT2D eigenvalue weighted by molar-refractivity contribution is -0.126. The molecule has 0 bridgehead atoms. The molecule has 33 heavy (non-hydrogen) atoms. The number of amidine groups is 1. The summed E-state index contributed by atoms with van der Waals surface area (Å²) in [6.07, 6.45) is 3.92. The highest BCUT2D eigenvalue weighted by molar-refractivity contribution is 8.15. The third-order valence-corrected chi connectivity index (χ3v) is 6.83. The van der Waals surface area contributed by atoms with Crippen LogP contribution in [0.15, 0.2) is 99.7 Å². The number of nitrogens with zero attached hydrogens (tertiary/aromatic N) is 3. The molecule has 0 spiro atoms. The molecule has 1 amide bonds. The number of carbonyl (C=O) groups excluding carboxylic acids is 1. The Morgan fingerprint density at radius 1 is 1.00 bits per heavy atom. The van der Waals surface area contributed by atoms with Crippen molar-refractivity contribution in [2.75, 3.05) is 0 Å². The summed E-state index contributed by atoms with van der Waals surface area (Å²) in [5.74, 6) is 0.687. The van der Waals surface area contributed by atoms with Crippen LogP contribution in [0, 0.1) is 0 Å². The molecule has 1 fully saturated rings. The van der Waals surface area contributed by atoms with E-state index in [1.807, 2.05) is 60.7 Å². The molecule has 5 nitrogen and oxygen atoms in total. The van der Waals surface area contributed by atoms with E-state index in [4.69, 9.17) is 16.0 Å². The Labute approximate surface area is 200 Å². The Balaban J connectivity index is 1.41. The Bertz CT molecular complexity index is 1330. The Morgan fingerprint density at radius 2 is 1.82 bits per heavy atom. The number of thioether (sulfide) groups is 1. The van der Waals surface area contributed by atoms with E-state index in [-0.39, 0.29) is 11.2 Å². The van der Waals surface area contributed by atoms with Gasteiger partial charge in [-0.15, -0.1) is 5.10 Å². The van der Waals surface area contributed by atoms with E-state index in [0.29, 0.717) is 28.9 Å². The molecule has 0 N–H and O–H groups in total. The van der Waals surface area contributed by atoms with Crippen molar-refractivity contribution in [2.45, 2.75) is 18.2 Å². The molecule has 4 aromatic rings. The van der Waals surface area contributed by atoms with Crippen molar-refractivity contribution in [1.29, 1.82) is 0 Å². The molecule has 1 atom stereocenters. The number of hydrogen-bond donors (Lipinski definition) is 0. The van der Waals surface area contributed by atoms with Crippen molar-refractivity contribution in [3.8, 4) is 0 Å². The van der Waals surface area contributed by atoms with Crippen molar-refractivity contribution in [3.05, 3.63) is 107 Å². The third-order valence-electron chi connectivity index (χ3n) is 5.41. The summed E-state index contributed by atoms with van der Waals surface area (Å²) in [7, 11) is 0. The molecule has 0 radical (unpaired) electrons. The summed E-state index contributed by atoms with van der Waals surface area (Å²) in [6, 6.07) is 25.4. The molecule has 5 rings (SSSR count).